The molecular weight excluding hydrogens is 277 g/mol. The zero-order valence-electron chi connectivity index (χ0n) is 12.0. The Kier molecular flexibility index (Phi) is 6.27. The second-order valence-electron chi connectivity index (χ2n) is 5.35. The van der Waals surface area contributed by atoms with E-state index in [1.807, 2.05) is 0 Å². The molecule has 0 aromatic heterocycles. The van der Waals surface area contributed by atoms with Gasteiger partial charge in [-0.25, -0.2) is 4.39 Å². The monoisotopic (exact) mass is 299 g/mol. The Morgan fingerprint density at radius 2 is 2.35 bits per heavy atom. The van der Waals surface area contributed by atoms with Crippen molar-refractivity contribution in [2.45, 2.75) is 51.2 Å². The molecule has 1 aromatic carbocycles. The lowest BCUT2D eigenvalue weighted by Gasteiger charge is -2.22. The summed E-state index contributed by atoms with van der Waals surface area (Å²) in [5, 5.41) is 3.92. The maximum absolute atomic E-state index is 14.1. The van der Waals surface area contributed by atoms with Gasteiger partial charge in [-0.05, 0) is 50.8 Å². The van der Waals surface area contributed by atoms with Crippen LogP contribution in [-0.4, -0.2) is 19.3 Å². The molecule has 20 heavy (non-hydrogen) atoms. The third-order valence-electron chi connectivity index (χ3n) is 3.79. The summed E-state index contributed by atoms with van der Waals surface area (Å²) in [5.41, 5.74) is 0.598. The molecule has 0 bridgehead atoms. The van der Waals surface area contributed by atoms with Crippen molar-refractivity contribution in [1.82, 2.24) is 5.32 Å². The van der Waals surface area contributed by atoms with Crippen molar-refractivity contribution in [3.63, 3.8) is 0 Å². The first-order valence-corrected chi connectivity index (χ1v) is 7.89. The number of ether oxygens (including phenoxy) is 1. The molecule has 112 valence electrons. The summed E-state index contributed by atoms with van der Waals surface area (Å²) >= 11 is 6.19. The average molecular weight is 300 g/mol. The Morgan fingerprint density at radius 1 is 1.50 bits per heavy atom. The molecule has 1 saturated heterocycles. The van der Waals surface area contributed by atoms with Crippen molar-refractivity contribution >= 4 is 11.6 Å². The van der Waals surface area contributed by atoms with Crippen LogP contribution in [0, 0.1) is 5.82 Å². The predicted molar refractivity (Wildman–Crippen MR) is 80.7 cm³/mol. The van der Waals surface area contributed by atoms with Gasteiger partial charge in [-0.2, -0.15) is 0 Å². The van der Waals surface area contributed by atoms with E-state index >= 15 is 0 Å². The van der Waals surface area contributed by atoms with Gasteiger partial charge in [0.2, 0.25) is 0 Å². The number of hydrogen-bond donors (Lipinski definition) is 1. The fourth-order valence-corrected chi connectivity index (χ4v) is 3.03. The first-order chi connectivity index (χ1) is 9.72. The average Bonchev–Trinajstić information content (AvgIpc) is 2.94. The normalized spacial score (nSPS) is 20.2. The predicted octanol–water partition coefficient (Wildman–Crippen LogP) is 4.48. The molecule has 2 nitrogen and oxygen atoms in total. The van der Waals surface area contributed by atoms with Crippen LogP contribution >= 0.6 is 11.6 Å². The zero-order chi connectivity index (χ0) is 14.4. The number of nitrogens with one attached hydrogen (secondary N) is 1. The molecule has 0 aliphatic carbocycles. The summed E-state index contributed by atoms with van der Waals surface area (Å²) in [5.74, 6) is -0.224. The minimum Gasteiger partial charge on any atom is -0.378 e. The maximum atomic E-state index is 14.1. The zero-order valence-corrected chi connectivity index (χ0v) is 12.8. The molecule has 0 saturated carbocycles. The molecule has 0 radical (unpaired) electrons. The molecule has 2 unspecified atom stereocenters. The molecule has 1 aromatic rings. The fourth-order valence-electron chi connectivity index (χ4n) is 2.74. The van der Waals surface area contributed by atoms with Gasteiger partial charge in [0, 0.05) is 23.2 Å². The van der Waals surface area contributed by atoms with E-state index in [4.69, 9.17) is 16.3 Å². The van der Waals surface area contributed by atoms with Gasteiger partial charge < -0.3 is 10.1 Å². The van der Waals surface area contributed by atoms with Crippen molar-refractivity contribution in [2.75, 3.05) is 13.2 Å². The third kappa shape index (κ3) is 4.18. The minimum absolute atomic E-state index is 0.0344. The van der Waals surface area contributed by atoms with Crippen molar-refractivity contribution in [1.29, 1.82) is 0 Å². The van der Waals surface area contributed by atoms with Gasteiger partial charge in [-0.15, -0.1) is 0 Å². The molecule has 1 fully saturated rings. The largest absolute Gasteiger partial charge is 0.378 e. The van der Waals surface area contributed by atoms with Gasteiger partial charge in [0.1, 0.15) is 5.82 Å². The molecule has 1 N–H and O–H groups in total. The molecule has 4 heteroatoms. The number of hydrogen-bond acceptors (Lipinski definition) is 2. The van der Waals surface area contributed by atoms with E-state index in [-0.39, 0.29) is 11.9 Å². The molecule has 2 rings (SSSR count). The van der Waals surface area contributed by atoms with Gasteiger partial charge in [-0.1, -0.05) is 24.6 Å². The third-order valence-corrected chi connectivity index (χ3v) is 4.12. The first-order valence-electron chi connectivity index (χ1n) is 7.51. The van der Waals surface area contributed by atoms with Crippen LogP contribution in [0.1, 0.15) is 50.6 Å². The van der Waals surface area contributed by atoms with Gasteiger partial charge in [-0.3, -0.25) is 0 Å². The minimum atomic E-state index is -0.224. The summed E-state index contributed by atoms with van der Waals surface area (Å²) in [6, 6.07) is 4.85. The summed E-state index contributed by atoms with van der Waals surface area (Å²) in [6.45, 7) is 3.83. The Morgan fingerprint density at radius 3 is 3.00 bits per heavy atom. The first kappa shape index (κ1) is 15.7. The number of rotatable bonds is 7. The smallest absolute Gasteiger partial charge is 0.129 e. The highest BCUT2D eigenvalue weighted by Crippen LogP contribution is 2.30. The highest BCUT2D eigenvalue weighted by Gasteiger charge is 2.22. The standard InChI is InChI=1S/C16H23ClFNO/c1-2-10-19-15(9-8-12-5-4-11-20-12)16-13(17)6-3-7-14(16)18/h3,6-7,12,15,19H,2,4-5,8-11H2,1H3. The Balaban J connectivity index is 2.05. The maximum Gasteiger partial charge on any atom is 0.129 e. The van der Waals surface area contributed by atoms with E-state index in [0.717, 1.165) is 45.3 Å². The quantitative estimate of drug-likeness (QED) is 0.801. The van der Waals surface area contributed by atoms with Crippen molar-refractivity contribution in [2.24, 2.45) is 0 Å². The van der Waals surface area contributed by atoms with Crippen molar-refractivity contribution in [3.8, 4) is 0 Å². The second-order valence-corrected chi connectivity index (χ2v) is 5.76. The van der Waals surface area contributed by atoms with Crippen LogP contribution in [0.3, 0.4) is 0 Å². The van der Waals surface area contributed by atoms with E-state index in [0.29, 0.717) is 16.7 Å². The molecule has 0 amide bonds. The lowest BCUT2D eigenvalue weighted by atomic mass is 9.98. The van der Waals surface area contributed by atoms with Gasteiger partial charge in [0.05, 0.1) is 6.10 Å². The van der Waals surface area contributed by atoms with E-state index in [1.165, 1.54) is 6.07 Å². The van der Waals surface area contributed by atoms with Crippen LogP contribution in [0.15, 0.2) is 18.2 Å². The Hall–Kier alpha value is -0.640. The van der Waals surface area contributed by atoms with Crippen LogP contribution in [0.4, 0.5) is 4.39 Å². The van der Waals surface area contributed by atoms with Gasteiger partial charge in [0.25, 0.3) is 0 Å². The fraction of sp³-hybridized carbons (Fsp3) is 0.625. The van der Waals surface area contributed by atoms with Crippen LogP contribution < -0.4 is 5.32 Å². The van der Waals surface area contributed by atoms with E-state index in [2.05, 4.69) is 12.2 Å². The molecule has 1 heterocycles. The molecule has 2 atom stereocenters. The molecule has 1 aliphatic rings. The van der Waals surface area contributed by atoms with Crippen LogP contribution in [0.5, 0.6) is 0 Å². The van der Waals surface area contributed by atoms with Crippen LogP contribution in [-0.2, 0) is 4.74 Å². The van der Waals surface area contributed by atoms with Crippen LogP contribution in [0.2, 0.25) is 5.02 Å². The highest BCUT2D eigenvalue weighted by molar-refractivity contribution is 6.31. The summed E-state index contributed by atoms with van der Waals surface area (Å²) < 4.78 is 19.7. The summed E-state index contributed by atoms with van der Waals surface area (Å²) in [7, 11) is 0. The van der Waals surface area contributed by atoms with E-state index < -0.39 is 0 Å². The Labute approximate surface area is 125 Å². The van der Waals surface area contributed by atoms with Gasteiger partial charge in [0.15, 0.2) is 0 Å². The number of halogens is 2. The molecule has 0 spiro atoms. The highest BCUT2D eigenvalue weighted by atomic mass is 35.5. The number of benzene rings is 1. The van der Waals surface area contributed by atoms with Gasteiger partial charge >= 0.3 is 0 Å². The topological polar surface area (TPSA) is 21.3 Å². The SMILES string of the molecule is CCCNC(CCC1CCCO1)c1c(F)cccc1Cl. The Bertz CT molecular complexity index is 401. The van der Waals surface area contributed by atoms with E-state index in [9.17, 15) is 4.39 Å². The molecule has 1 aliphatic heterocycles. The summed E-state index contributed by atoms with van der Waals surface area (Å²) in [6.07, 6.45) is 5.40. The second kappa shape index (κ2) is 7.96. The lowest BCUT2D eigenvalue weighted by Crippen LogP contribution is -2.24. The van der Waals surface area contributed by atoms with Crippen LogP contribution in [0.25, 0.3) is 0 Å². The summed E-state index contributed by atoms with van der Waals surface area (Å²) in [4.78, 5) is 0. The molecular formula is C16H23ClFNO. The van der Waals surface area contributed by atoms with E-state index in [1.54, 1.807) is 12.1 Å². The lowest BCUT2D eigenvalue weighted by molar-refractivity contribution is 0.0994. The van der Waals surface area contributed by atoms with Crippen molar-refractivity contribution < 1.29 is 9.13 Å². The van der Waals surface area contributed by atoms with Crippen molar-refractivity contribution in [3.05, 3.63) is 34.6 Å².